The van der Waals surface area contributed by atoms with Crippen LogP contribution < -0.4 is 17.0 Å². The standard InChI is InChI=1S/C10H16N4OS/c11-8-4-5-10(13-7-8)16-6-2-1-3-9(15)14-12/h4-5,7H,1-3,6,11-12H2,(H,14,15). The fourth-order valence-electron chi connectivity index (χ4n) is 1.11. The van der Waals surface area contributed by atoms with Crippen LogP contribution in [0.1, 0.15) is 19.3 Å². The van der Waals surface area contributed by atoms with Crippen LogP contribution in [0.5, 0.6) is 0 Å². The van der Waals surface area contributed by atoms with Gasteiger partial charge in [-0.1, -0.05) is 0 Å². The van der Waals surface area contributed by atoms with E-state index in [0.29, 0.717) is 12.1 Å². The average Bonchev–Trinajstić information content (AvgIpc) is 2.31. The number of hydrogen-bond acceptors (Lipinski definition) is 5. The number of thioether (sulfide) groups is 1. The molecule has 88 valence electrons. The van der Waals surface area contributed by atoms with E-state index < -0.39 is 0 Å². The summed E-state index contributed by atoms with van der Waals surface area (Å²) in [6.45, 7) is 0. The first kappa shape index (κ1) is 12.8. The van der Waals surface area contributed by atoms with Crippen molar-refractivity contribution in [2.45, 2.75) is 24.3 Å². The van der Waals surface area contributed by atoms with Crippen molar-refractivity contribution in [3.8, 4) is 0 Å². The number of hydrogen-bond donors (Lipinski definition) is 3. The molecule has 1 heterocycles. The smallest absolute Gasteiger partial charge is 0.233 e. The van der Waals surface area contributed by atoms with E-state index in [1.165, 1.54) is 0 Å². The molecular weight excluding hydrogens is 224 g/mol. The number of carbonyl (C=O) groups is 1. The maximum absolute atomic E-state index is 10.8. The topological polar surface area (TPSA) is 94.0 Å². The van der Waals surface area contributed by atoms with Crippen LogP contribution in [0.25, 0.3) is 0 Å². The normalized spacial score (nSPS) is 10.1. The summed E-state index contributed by atoms with van der Waals surface area (Å²) in [4.78, 5) is 15.0. The van der Waals surface area contributed by atoms with E-state index in [1.54, 1.807) is 18.0 Å². The van der Waals surface area contributed by atoms with Crippen molar-refractivity contribution in [1.82, 2.24) is 10.4 Å². The van der Waals surface area contributed by atoms with Gasteiger partial charge in [-0.3, -0.25) is 10.2 Å². The second-order valence-electron chi connectivity index (χ2n) is 3.30. The molecule has 16 heavy (non-hydrogen) atoms. The predicted octanol–water partition coefficient (Wildman–Crippen LogP) is 0.916. The number of pyridine rings is 1. The first-order valence-electron chi connectivity index (χ1n) is 5.06. The van der Waals surface area contributed by atoms with Crippen molar-refractivity contribution < 1.29 is 4.79 Å². The van der Waals surface area contributed by atoms with Crippen LogP contribution in [0.3, 0.4) is 0 Å². The summed E-state index contributed by atoms with van der Waals surface area (Å²) < 4.78 is 0. The lowest BCUT2D eigenvalue weighted by molar-refractivity contribution is -0.121. The van der Waals surface area contributed by atoms with Crippen LogP contribution in [-0.4, -0.2) is 16.6 Å². The first-order chi connectivity index (χ1) is 7.72. The molecule has 0 unspecified atom stereocenters. The summed E-state index contributed by atoms with van der Waals surface area (Å²) in [6, 6.07) is 3.73. The zero-order valence-corrected chi connectivity index (χ0v) is 9.80. The number of aromatic nitrogens is 1. The van der Waals surface area contributed by atoms with Gasteiger partial charge >= 0.3 is 0 Å². The number of rotatable bonds is 6. The van der Waals surface area contributed by atoms with Gasteiger partial charge in [0.05, 0.1) is 16.9 Å². The zero-order valence-electron chi connectivity index (χ0n) is 8.98. The number of unbranched alkanes of at least 4 members (excludes halogenated alkanes) is 1. The fraction of sp³-hybridized carbons (Fsp3) is 0.400. The van der Waals surface area contributed by atoms with Crippen LogP contribution in [0.15, 0.2) is 23.4 Å². The minimum Gasteiger partial charge on any atom is -0.397 e. The number of nitrogens with zero attached hydrogens (tertiary/aromatic N) is 1. The van der Waals surface area contributed by atoms with Crippen molar-refractivity contribution in [3.05, 3.63) is 18.3 Å². The molecule has 0 saturated carbocycles. The molecule has 0 atom stereocenters. The molecule has 0 radical (unpaired) electrons. The molecule has 1 aromatic heterocycles. The number of anilines is 1. The van der Waals surface area contributed by atoms with Crippen LogP contribution in [0.4, 0.5) is 5.69 Å². The summed E-state index contributed by atoms with van der Waals surface area (Å²) >= 11 is 1.66. The van der Waals surface area contributed by atoms with Crippen LogP contribution >= 0.6 is 11.8 Å². The molecule has 1 rings (SSSR count). The molecule has 5 nitrogen and oxygen atoms in total. The second kappa shape index (κ2) is 7.08. The minimum absolute atomic E-state index is 0.115. The van der Waals surface area contributed by atoms with Crippen molar-refractivity contribution in [3.63, 3.8) is 0 Å². The Labute approximate surface area is 99.0 Å². The lowest BCUT2D eigenvalue weighted by Gasteiger charge is -2.01. The van der Waals surface area contributed by atoms with Gasteiger partial charge in [0.2, 0.25) is 5.91 Å². The zero-order chi connectivity index (χ0) is 11.8. The van der Waals surface area contributed by atoms with E-state index in [0.717, 1.165) is 23.6 Å². The highest BCUT2D eigenvalue weighted by molar-refractivity contribution is 7.99. The number of nitrogen functional groups attached to an aromatic ring is 1. The predicted molar refractivity (Wildman–Crippen MR) is 65.6 cm³/mol. The summed E-state index contributed by atoms with van der Waals surface area (Å²) in [5.74, 6) is 5.79. The largest absolute Gasteiger partial charge is 0.397 e. The molecule has 0 fully saturated rings. The highest BCUT2D eigenvalue weighted by Gasteiger charge is 1.99. The van der Waals surface area contributed by atoms with Gasteiger partial charge in [0.25, 0.3) is 0 Å². The molecule has 0 spiro atoms. The molecule has 0 saturated heterocycles. The van der Waals surface area contributed by atoms with E-state index in [-0.39, 0.29) is 5.91 Å². The third-order valence-electron chi connectivity index (χ3n) is 1.97. The first-order valence-corrected chi connectivity index (χ1v) is 6.04. The molecule has 0 bridgehead atoms. The number of nitrogens with one attached hydrogen (secondary N) is 1. The quantitative estimate of drug-likeness (QED) is 0.226. The second-order valence-corrected chi connectivity index (χ2v) is 4.42. The van der Waals surface area contributed by atoms with Gasteiger partial charge in [0.15, 0.2) is 0 Å². The molecule has 0 aliphatic carbocycles. The van der Waals surface area contributed by atoms with E-state index in [4.69, 9.17) is 11.6 Å². The Morgan fingerprint density at radius 2 is 2.25 bits per heavy atom. The lowest BCUT2D eigenvalue weighted by atomic mass is 10.2. The highest BCUT2D eigenvalue weighted by atomic mass is 32.2. The van der Waals surface area contributed by atoms with Gasteiger partial charge in [-0.05, 0) is 30.7 Å². The summed E-state index contributed by atoms with van der Waals surface area (Å²) in [6.07, 6.45) is 3.92. The van der Waals surface area contributed by atoms with Gasteiger partial charge in [0, 0.05) is 6.42 Å². The Morgan fingerprint density at radius 3 is 2.88 bits per heavy atom. The molecular formula is C10H16N4OS. The monoisotopic (exact) mass is 240 g/mol. The number of hydrazine groups is 1. The number of nitrogens with two attached hydrogens (primary N) is 2. The Kier molecular flexibility index (Phi) is 5.66. The van der Waals surface area contributed by atoms with Crippen LogP contribution in [-0.2, 0) is 4.79 Å². The van der Waals surface area contributed by atoms with Gasteiger partial charge in [-0.25, -0.2) is 10.8 Å². The Morgan fingerprint density at radius 1 is 1.44 bits per heavy atom. The van der Waals surface area contributed by atoms with E-state index in [2.05, 4.69) is 10.4 Å². The number of carbonyl (C=O) groups excluding carboxylic acids is 1. The van der Waals surface area contributed by atoms with Crippen LogP contribution in [0.2, 0.25) is 0 Å². The van der Waals surface area contributed by atoms with Crippen molar-refractivity contribution in [2.24, 2.45) is 5.84 Å². The highest BCUT2D eigenvalue weighted by Crippen LogP contribution is 2.17. The minimum atomic E-state index is -0.115. The third-order valence-corrected chi connectivity index (χ3v) is 3.00. The van der Waals surface area contributed by atoms with Crippen molar-refractivity contribution in [2.75, 3.05) is 11.5 Å². The van der Waals surface area contributed by atoms with Gasteiger partial charge < -0.3 is 5.73 Å². The van der Waals surface area contributed by atoms with Gasteiger partial charge in [0.1, 0.15) is 0 Å². The molecule has 0 aliphatic heterocycles. The van der Waals surface area contributed by atoms with E-state index in [1.807, 2.05) is 12.1 Å². The summed E-state index contributed by atoms with van der Waals surface area (Å²) in [5, 5.41) is 0.956. The molecule has 0 aliphatic rings. The maximum atomic E-state index is 10.8. The Bertz CT molecular complexity index is 328. The number of amides is 1. The average molecular weight is 240 g/mol. The van der Waals surface area contributed by atoms with Crippen LogP contribution in [0, 0.1) is 0 Å². The van der Waals surface area contributed by atoms with E-state index >= 15 is 0 Å². The molecule has 6 heteroatoms. The van der Waals surface area contributed by atoms with Crippen molar-refractivity contribution >= 4 is 23.4 Å². The van der Waals surface area contributed by atoms with Crippen molar-refractivity contribution in [1.29, 1.82) is 0 Å². The SMILES string of the molecule is NNC(=O)CCCCSc1ccc(N)cn1. The lowest BCUT2D eigenvalue weighted by Crippen LogP contribution is -2.29. The van der Waals surface area contributed by atoms with Gasteiger partial charge in [-0.2, -0.15) is 0 Å². The molecule has 5 N–H and O–H groups in total. The Balaban J connectivity index is 2.11. The molecule has 0 aromatic carbocycles. The Hall–Kier alpha value is -1.27. The summed E-state index contributed by atoms with van der Waals surface area (Å²) in [5.41, 5.74) is 8.30. The summed E-state index contributed by atoms with van der Waals surface area (Å²) in [7, 11) is 0. The van der Waals surface area contributed by atoms with E-state index in [9.17, 15) is 4.79 Å². The van der Waals surface area contributed by atoms with Gasteiger partial charge in [-0.15, -0.1) is 11.8 Å². The third kappa shape index (κ3) is 4.99. The molecule has 1 amide bonds. The fourth-order valence-corrected chi connectivity index (χ4v) is 1.96. The molecule has 1 aromatic rings. The maximum Gasteiger partial charge on any atom is 0.233 e.